The zero-order chi connectivity index (χ0) is 26.8. The van der Waals surface area contributed by atoms with Crippen molar-refractivity contribution in [3.63, 3.8) is 0 Å². The lowest BCUT2D eigenvalue weighted by molar-refractivity contribution is -0.145. The smallest absolute Gasteiger partial charge is 0.326 e. The van der Waals surface area contributed by atoms with Gasteiger partial charge in [0.15, 0.2) is 0 Å². The first-order chi connectivity index (χ1) is 17.0. The van der Waals surface area contributed by atoms with Crippen molar-refractivity contribution < 1.29 is 29.4 Å². The van der Waals surface area contributed by atoms with E-state index in [4.69, 9.17) is 11.5 Å². The summed E-state index contributed by atoms with van der Waals surface area (Å²) in [6.45, 7) is 4.18. The summed E-state index contributed by atoms with van der Waals surface area (Å²) in [5.41, 5.74) is 12.2. The van der Waals surface area contributed by atoms with Crippen LogP contribution in [0.5, 0.6) is 5.75 Å². The average molecular weight is 506 g/mol. The number of hydrogen-bond donors (Lipinski definition) is 6. The lowest BCUT2D eigenvalue weighted by Crippen LogP contribution is -2.57. The van der Waals surface area contributed by atoms with Gasteiger partial charge in [-0.1, -0.05) is 32.4 Å². The number of likely N-dealkylation sites (tertiary alicyclic amines) is 1. The monoisotopic (exact) mass is 505 g/mol. The maximum absolute atomic E-state index is 13.6. The zero-order valence-corrected chi connectivity index (χ0v) is 21.0. The quantitative estimate of drug-likeness (QED) is 0.203. The number of phenolic OH excluding ortho intramolecular Hbond substituents is 1. The van der Waals surface area contributed by atoms with E-state index in [2.05, 4.69) is 10.6 Å². The number of carbonyl (C=O) groups is 4. The molecule has 0 saturated carbocycles. The molecule has 0 aromatic heterocycles. The molecule has 0 radical (unpaired) electrons. The number of rotatable bonds is 13. The first-order valence-electron chi connectivity index (χ1n) is 12.4. The third-order valence-corrected chi connectivity index (χ3v) is 6.37. The van der Waals surface area contributed by atoms with Crippen LogP contribution in [0.4, 0.5) is 0 Å². The van der Waals surface area contributed by atoms with Crippen molar-refractivity contribution in [3.05, 3.63) is 29.8 Å². The van der Waals surface area contributed by atoms with Crippen LogP contribution in [0.15, 0.2) is 24.3 Å². The van der Waals surface area contributed by atoms with Crippen LogP contribution in [0, 0.1) is 5.92 Å². The molecule has 0 spiro atoms. The molecule has 2 rings (SSSR count). The Hall–Kier alpha value is -3.18. The Labute approximate surface area is 211 Å². The van der Waals surface area contributed by atoms with Crippen LogP contribution in [-0.2, 0) is 25.6 Å². The predicted octanol–water partition coefficient (Wildman–Crippen LogP) is 0.0922. The van der Waals surface area contributed by atoms with Gasteiger partial charge in [0.2, 0.25) is 17.7 Å². The maximum Gasteiger partial charge on any atom is 0.326 e. The molecule has 1 aromatic carbocycles. The normalized spacial score (nSPS) is 17.9. The molecular formula is C25H39N5O6. The number of hydrogen-bond acceptors (Lipinski definition) is 7. The Morgan fingerprint density at radius 1 is 1.11 bits per heavy atom. The van der Waals surface area contributed by atoms with Gasteiger partial charge in [-0.3, -0.25) is 14.4 Å². The molecule has 8 N–H and O–H groups in total. The van der Waals surface area contributed by atoms with Gasteiger partial charge in [0.05, 0.1) is 6.04 Å². The summed E-state index contributed by atoms with van der Waals surface area (Å²) >= 11 is 0. The fourth-order valence-corrected chi connectivity index (χ4v) is 4.25. The van der Waals surface area contributed by atoms with Crippen LogP contribution < -0.4 is 22.1 Å². The van der Waals surface area contributed by atoms with Crippen LogP contribution in [0.1, 0.15) is 51.5 Å². The van der Waals surface area contributed by atoms with E-state index < -0.39 is 47.9 Å². The molecule has 3 amide bonds. The highest BCUT2D eigenvalue weighted by molar-refractivity contribution is 5.94. The highest BCUT2D eigenvalue weighted by Gasteiger charge is 2.39. The molecule has 1 fully saturated rings. The molecule has 36 heavy (non-hydrogen) atoms. The van der Waals surface area contributed by atoms with Gasteiger partial charge in [0, 0.05) is 13.0 Å². The highest BCUT2D eigenvalue weighted by Crippen LogP contribution is 2.21. The van der Waals surface area contributed by atoms with Gasteiger partial charge in [-0.2, -0.15) is 0 Å². The first kappa shape index (κ1) is 29.1. The van der Waals surface area contributed by atoms with Crippen molar-refractivity contribution in [3.8, 4) is 5.75 Å². The van der Waals surface area contributed by atoms with Crippen molar-refractivity contribution in [2.24, 2.45) is 17.4 Å². The summed E-state index contributed by atoms with van der Waals surface area (Å²) in [6.07, 6.45) is 2.92. The first-order valence-corrected chi connectivity index (χ1v) is 12.4. The second-order valence-corrected chi connectivity index (χ2v) is 9.58. The van der Waals surface area contributed by atoms with Gasteiger partial charge >= 0.3 is 5.97 Å². The molecule has 11 nitrogen and oxygen atoms in total. The summed E-state index contributed by atoms with van der Waals surface area (Å²) in [5, 5.41) is 24.3. The summed E-state index contributed by atoms with van der Waals surface area (Å²) < 4.78 is 0. The largest absolute Gasteiger partial charge is 0.508 e. The number of phenols is 1. The highest BCUT2D eigenvalue weighted by atomic mass is 16.4. The number of nitrogens with zero attached hydrogens (tertiary/aromatic N) is 1. The number of carboxylic acid groups (broad SMARTS) is 1. The number of benzene rings is 1. The fraction of sp³-hybridized carbons (Fsp3) is 0.600. The fourth-order valence-electron chi connectivity index (χ4n) is 4.25. The molecule has 1 aliphatic rings. The van der Waals surface area contributed by atoms with Crippen LogP contribution >= 0.6 is 0 Å². The molecule has 0 bridgehead atoms. The Morgan fingerprint density at radius 3 is 2.36 bits per heavy atom. The number of carbonyl (C=O) groups excluding carboxylic acids is 3. The molecule has 1 saturated heterocycles. The number of aromatic hydroxyl groups is 1. The van der Waals surface area contributed by atoms with E-state index in [0.29, 0.717) is 44.3 Å². The van der Waals surface area contributed by atoms with Gasteiger partial charge in [0.25, 0.3) is 0 Å². The van der Waals surface area contributed by atoms with E-state index in [9.17, 15) is 29.4 Å². The van der Waals surface area contributed by atoms with Gasteiger partial charge in [-0.15, -0.1) is 0 Å². The van der Waals surface area contributed by atoms with Crippen molar-refractivity contribution in [1.82, 2.24) is 15.5 Å². The molecular weight excluding hydrogens is 466 g/mol. The van der Waals surface area contributed by atoms with Gasteiger partial charge in [0.1, 0.15) is 23.9 Å². The van der Waals surface area contributed by atoms with E-state index in [1.54, 1.807) is 26.0 Å². The molecule has 1 heterocycles. The zero-order valence-electron chi connectivity index (χ0n) is 21.0. The maximum atomic E-state index is 13.6. The van der Waals surface area contributed by atoms with E-state index in [1.807, 2.05) is 0 Å². The van der Waals surface area contributed by atoms with Crippen LogP contribution in [0.25, 0.3) is 0 Å². The number of nitrogens with two attached hydrogens (primary N) is 2. The Kier molecular flexibility index (Phi) is 11.1. The van der Waals surface area contributed by atoms with Crippen molar-refractivity contribution in [2.75, 3.05) is 13.1 Å². The molecule has 200 valence electrons. The van der Waals surface area contributed by atoms with Gasteiger partial charge in [-0.25, -0.2) is 4.79 Å². The van der Waals surface area contributed by atoms with Crippen LogP contribution in [0.2, 0.25) is 0 Å². The van der Waals surface area contributed by atoms with Crippen LogP contribution in [-0.4, -0.2) is 76.1 Å². The lowest BCUT2D eigenvalue weighted by Gasteiger charge is -2.30. The number of aliphatic carboxylic acids is 1. The second kappa shape index (κ2) is 13.8. The number of carboxylic acids is 1. The molecule has 4 unspecified atom stereocenters. The van der Waals surface area contributed by atoms with E-state index in [1.165, 1.54) is 17.0 Å². The van der Waals surface area contributed by atoms with Gasteiger partial charge in [-0.05, 0) is 55.8 Å². The standard InChI is InChI=1S/C25H39N5O6/c1-15(2)21(25(35)36)29-23(33)20-7-5-13-30(20)24(34)19(14-16-8-10-17(31)11-9-16)28-22(32)18(27)6-3-4-12-26/h8-11,15,18-21,31H,3-7,12-14,26-27H2,1-2H3,(H,28,32)(H,29,33)(H,35,36). The Morgan fingerprint density at radius 2 is 1.78 bits per heavy atom. The summed E-state index contributed by atoms with van der Waals surface area (Å²) in [7, 11) is 0. The summed E-state index contributed by atoms with van der Waals surface area (Å²) in [5.74, 6) is -2.86. The molecule has 4 atom stereocenters. The van der Waals surface area contributed by atoms with Crippen molar-refractivity contribution in [2.45, 2.75) is 76.5 Å². The third-order valence-electron chi connectivity index (χ3n) is 6.37. The summed E-state index contributed by atoms with van der Waals surface area (Å²) in [6, 6.07) is 2.56. The van der Waals surface area contributed by atoms with E-state index in [-0.39, 0.29) is 18.1 Å². The average Bonchev–Trinajstić information content (AvgIpc) is 3.32. The SMILES string of the molecule is CC(C)C(NC(=O)C1CCCN1C(=O)C(Cc1ccc(O)cc1)NC(=O)C(N)CCCCN)C(=O)O. The molecule has 1 aromatic rings. The van der Waals surface area contributed by atoms with Crippen molar-refractivity contribution in [1.29, 1.82) is 0 Å². The third kappa shape index (κ3) is 8.20. The minimum atomic E-state index is -1.14. The Balaban J connectivity index is 2.20. The van der Waals surface area contributed by atoms with Crippen LogP contribution in [0.3, 0.4) is 0 Å². The minimum Gasteiger partial charge on any atom is -0.508 e. The second-order valence-electron chi connectivity index (χ2n) is 9.58. The molecule has 11 heteroatoms. The summed E-state index contributed by atoms with van der Waals surface area (Å²) in [4.78, 5) is 52.3. The van der Waals surface area contributed by atoms with Crippen molar-refractivity contribution >= 4 is 23.7 Å². The van der Waals surface area contributed by atoms with Gasteiger partial charge < -0.3 is 37.2 Å². The minimum absolute atomic E-state index is 0.0713. The topological polar surface area (TPSA) is 188 Å². The number of nitrogens with one attached hydrogen (secondary N) is 2. The number of amides is 3. The molecule has 1 aliphatic heterocycles. The molecule has 0 aliphatic carbocycles. The lowest BCUT2D eigenvalue weighted by atomic mass is 10.0. The van der Waals surface area contributed by atoms with E-state index in [0.717, 1.165) is 6.42 Å². The van der Waals surface area contributed by atoms with E-state index >= 15 is 0 Å². The Bertz CT molecular complexity index is 907. The predicted molar refractivity (Wildman–Crippen MR) is 134 cm³/mol. The number of unbranched alkanes of at least 4 members (excludes halogenated alkanes) is 1.